The molecule has 2 aromatic rings. The summed E-state index contributed by atoms with van der Waals surface area (Å²) in [6.07, 6.45) is 13.8. The molecule has 4 rings (SSSR count). The van der Waals surface area contributed by atoms with Gasteiger partial charge in [-0.2, -0.15) is 5.10 Å². The van der Waals surface area contributed by atoms with Crippen LogP contribution in [0.4, 0.5) is 9.18 Å². The number of halogens is 1. The summed E-state index contributed by atoms with van der Waals surface area (Å²) in [5.41, 5.74) is 4.72. The molecule has 3 unspecified atom stereocenters. The van der Waals surface area contributed by atoms with Gasteiger partial charge in [0.2, 0.25) is 0 Å². The number of rotatable bonds is 10. The third kappa shape index (κ3) is 5.12. The van der Waals surface area contributed by atoms with Gasteiger partial charge < -0.3 is 10.2 Å². The average molecular weight is 477 g/mol. The van der Waals surface area contributed by atoms with Crippen LogP contribution in [-0.2, 0) is 6.42 Å². The van der Waals surface area contributed by atoms with E-state index >= 15 is 0 Å². The molecule has 6 heteroatoms. The van der Waals surface area contributed by atoms with E-state index in [1.807, 2.05) is 10.9 Å². The number of hydrogen-bond donors (Lipinski definition) is 1. The van der Waals surface area contributed by atoms with Gasteiger partial charge in [0, 0.05) is 19.1 Å². The SMILES string of the molecule is C=CCN(CC=C)C(=O)NC(CCC)CC1CCC2=Cc3c(cnn3-c3ccc(F)cc3)CC21C. The maximum Gasteiger partial charge on any atom is 0.318 e. The standard InChI is InChI=1S/C29H37FN4O/c1-5-8-25(32-28(35)33(15-6-2)16-7-3)17-22-9-10-23-18-27-21(19-29(22,23)4)20-31-34(27)26-13-11-24(30)12-14-26/h6-7,11-14,18,20,22,25H,2-3,5,8-10,15-17,19H2,1,4H3,(H,32,35). The third-order valence-electron chi connectivity index (χ3n) is 7.74. The molecule has 1 N–H and O–H groups in total. The first kappa shape index (κ1) is 25.0. The number of carbonyl (C=O) groups excluding carboxylic acids is 1. The van der Waals surface area contributed by atoms with Gasteiger partial charge in [-0.1, -0.05) is 38.0 Å². The summed E-state index contributed by atoms with van der Waals surface area (Å²) in [4.78, 5) is 14.7. The van der Waals surface area contributed by atoms with Gasteiger partial charge in [-0.15, -0.1) is 13.2 Å². The molecule has 0 radical (unpaired) electrons. The van der Waals surface area contributed by atoms with Gasteiger partial charge in [0.25, 0.3) is 0 Å². The molecule has 2 aliphatic carbocycles. The van der Waals surface area contributed by atoms with Crippen molar-refractivity contribution in [1.29, 1.82) is 0 Å². The Morgan fingerprint density at radius 2 is 2.03 bits per heavy atom. The number of aromatic nitrogens is 2. The topological polar surface area (TPSA) is 50.2 Å². The lowest BCUT2D eigenvalue weighted by Crippen LogP contribution is -2.46. The fraction of sp³-hybridized carbons (Fsp3) is 0.448. The Morgan fingerprint density at radius 1 is 1.31 bits per heavy atom. The van der Waals surface area contributed by atoms with Crippen LogP contribution in [0.2, 0.25) is 0 Å². The summed E-state index contributed by atoms with van der Waals surface area (Å²) in [5.74, 6) is 0.241. The van der Waals surface area contributed by atoms with Crippen molar-refractivity contribution in [2.24, 2.45) is 11.3 Å². The highest BCUT2D eigenvalue weighted by atomic mass is 19.1. The first-order valence-electron chi connectivity index (χ1n) is 12.7. The fourth-order valence-electron chi connectivity index (χ4n) is 5.86. The molecule has 3 atom stereocenters. The zero-order valence-electron chi connectivity index (χ0n) is 21.0. The van der Waals surface area contributed by atoms with E-state index in [1.165, 1.54) is 23.3 Å². The fourth-order valence-corrected chi connectivity index (χ4v) is 5.86. The second-order valence-electron chi connectivity index (χ2n) is 10.1. The summed E-state index contributed by atoms with van der Waals surface area (Å²) in [5, 5.41) is 7.94. The van der Waals surface area contributed by atoms with E-state index in [4.69, 9.17) is 0 Å². The van der Waals surface area contributed by atoms with E-state index in [0.717, 1.165) is 49.9 Å². The summed E-state index contributed by atoms with van der Waals surface area (Å²) >= 11 is 0. The molecule has 0 aliphatic heterocycles. The van der Waals surface area contributed by atoms with Crippen LogP contribution in [0.1, 0.15) is 57.2 Å². The summed E-state index contributed by atoms with van der Waals surface area (Å²) in [6, 6.07) is 6.58. The number of carbonyl (C=O) groups is 1. The van der Waals surface area contributed by atoms with E-state index in [9.17, 15) is 9.18 Å². The van der Waals surface area contributed by atoms with Crippen molar-refractivity contribution >= 4 is 12.1 Å². The highest BCUT2D eigenvalue weighted by Crippen LogP contribution is 2.54. The van der Waals surface area contributed by atoms with Gasteiger partial charge in [-0.3, -0.25) is 0 Å². The second kappa shape index (κ2) is 10.6. The van der Waals surface area contributed by atoms with Gasteiger partial charge in [0.15, 0.2) is 0 Å². The minimum absolute atomic E-state index is 0.0475. The van der Waals surface area contributed by atoms with E-state index in [2.05, 4.69) is 43.5 Å². The van der Waals surface area contributed by atoms with Crippen LogP contribution in [0.25, 0.3) is 11.8 Å². The molecule has 1 fully saturated rings. The average Bonchev–Trinajstić information content (AvgIpc) is 3.37. The van der Waals surface area contributed by atoms with Gasteiger partial charge in [0.05, 0.1) is 17.6 Å². The largest absolute Gasteiger partial charge is 0.335 e. The van der Waals surface area contributed by atoms with Crippen LogP contribution < -0.4 is 5.32 Å². The zero-order valence-corrected chi connectivity index (χ0v) is 21.0. The molecule has 2 amide bonds. The van der Waals surface area contributed by atoms with E-state index in [-0.39, 0.29) is 23.3 Å². The van der Waals surface area contributed by atoms with Crippen molar-refractivity contribution in [3.8, 4) is 5.69 Å². The first-order chi connectivity index (χ1) is 16.9. The normalized spacial score (nSPS) is 21.5. The highest BCUT2D eigenvalue weighted by molar-refractivity contribution is 5.75. The molecule has 2 aliphatic rings. The Morgan fingerprint density at radius 3 is 2.69 bits per heavy atom. The Labute approximate surface area is 208 Å². The molecular weight excluding hydrogens is 439 g/mol. The Bertz CT molecular complexity index is 1090. The summed E-state index contributed by atoms with van der Waals surface area (Å²) in [6.45, 7) is 13.1. The molecule has 1 aromatic heterocycles. The quantitative estimate of drug-likeness (QED) is 0.409. The van der Waals surface area contributed by atoms with Crippen molar-refractivity contribution in [3.63, 3.8) is 0 Å². The van der Waals surface area contributed by atoms with Crippen LogP contribution in [0.5, 0.6) is 0 Å². The van der Waals surface area contributed by atoms with E-state index in [0.29, 0.717) is 19.0 Å². The maximum absolute atomic E-state index is 13.4. The van der Waals surface area contributed by atoms with Crippen molar-refractivity contribution in [1.82, 2.24) is 20.0 Å². The van der Waals surface area contributed by atoms with Crippen molar-refractivity contribution < 1.29 is 9.18 Å². The third-order valence-corrected chi connectivity index (χ3v) is 7.74. The predicted molar refractivity (Wildman–Crippen MR) is 140 cm³/mol. The number of hydrogen-bond acceptors (Lipinski definition) is 2. The minimum Gasteiger partial charge on any atom is -0.335 e. The number of urea groups is 1. The number of amides is 2. The van der Waals surface area contributed by atoms with E-state index in [1.54, 1.807) is 29.2 Å². The predicted octanol–water partition coefficient (Wildman–Crippen LogP) is 6.31. The van der Waals surface area contributed by atoms with Crippen molar-refractivity contribution in [2.75, 3.05) is 13.1 Å². The lowest BCUT2D eigenvalue weighted by atomic mass is 9.68. The van der Waals surface area contributed by atoms with Gasteiger partial charge in [-0.05, 0) is 79.3 Å². The Hall–Kier alpha value is -3.15. The lowest BCUT2D eigenvalue weighted by molar-refractivity contribution is 0.190. The number of allylic oxidation sites excluding steroid dienone is 1. The molecule has 1 aromatic carbocycles. The smallest absolute Gasteiger partial charge is 0.318 e. The lowest BCUT2D eigenvalue weighted by Gasteiger charge is -2.38. The number of benzene rings is 1. The molecule has 0 saturated heterocycles. The van der Waals surface area contributed by atoms with Crippen LogP contribution in [-0.4, -0.2) is 39.8 Å². The van der Waals surface area contributed by atoms with Crippen LogP contribution >= 0.6 is 0 Å². The first-order valence-corrected chi connectivity index (χ1v) is 12.7. The number of nitrogens with zero attached hydrogens (tertiary/aromatic N) is 3. The number of nitrogens with one attached hydrogen (secondary N) is 1. The van der Waals surface area contributed by atoms with Gasteiger partial charge in [-0.25, -0.2) is 13.9 Å². The Kier molecular flexibility index (Phi) is 7.58. The monoisotopic (exact) mass is 476 g/mol. The van der Waals surface area contributed by atoms with E-state index < -0.39 is 0 Å². The second-order valence-corrected chi connectivity index (χ2v) is 10.1. The molecular formula is C29H37FN4O. The minimum atomic E-state index is -0.245. The zero-order chi connectivity index (χ0) is 25.0. The molecule has 0 spiro atoms. The molecule has 5 nitrogen and oxygen atoms in total. The molecule has 186 valence electrons. The summed E-state index contributed by atoms with van der Waals surface area (Å²) in [7, 11) is 0. The summed E-state index contributed by atoms with van der Waals surface area (Å²) < 4.78 is 15.3. The highest BCUT2D eigenvalue weighted by Gasteiger charge is 2.46. The van der Waals surface area contributed by atoms with Crippen LogP contribution in [0.3, 0.4) is 0 Å². The number of fused-ring (bicyclic) bond motifs is 2. The van der Waals surface area contributed by atoms with Crippen molar-refractivity contribution in [2.45, 2.75) is 58.4 Å². The van der Waals surface area contributed by atoms with Crippen LogP contribution in [0, 0.1) is 17.2 Å². The van der Waals surface area contributed by atoms with Gasteiger partial charge >= 0.3 is 6.03 Å². The molecule has 1 heterocycles. The maximum atomic E-state index is 13.4. The molecule has 1 saturated carbocycles. The molecule has 0 bridgehead atoms. The van der Waals surface area contributed by atoms with Crippen molar-refractivity contribution in [3.05, 3.63) is 78.4 Å². The Balaban J connectivity index is 1.51. The molecule has 35 heavy (non-hydrogen) atoms. The van der Waals surface area contributed by atoms with Crippen LogP contribution in [0.15, 0.2) is 61.3 Å². The van der Waals surface area contributed by atoms with Gasteiger partial charge in [0.1, 0.15) is 5.82 Å².